The van der Waals surface area contributed by atoms with Gasteiger partial charge in [0.1, 0.15) is 5.75 Å². The van der Waals surface area contributed by atoms with Gasteiger partial charge in [-0.05, 0) is 82.2 Å². The van der Waals surface area contributed by atoms with Gasteiger partial charge >= 0.3 is 0 Å². The maximum atomic E-state index is 12.9. The first-order valence-electron chi connectivity index (χ1n) is 14.1. The fourth-order valence-electron chi connectivity index (χ4n) is 5.30. The molecule has 0 spiro atoms. The summed E-state index contributed by atoms with van der Waals surface area (Å²) in [7, 11) is 0. The number of rotatable bonds is 9. The smallest absolute Gasteiger partial charge is 0.260 e. The fourth-order valence-corrected chi connectivity index (χ4v) is 5.30. The maximum Gasteiger partial charge on any atom is 0.260 e. The van der Waals surface area contributed by atoms with E-state index in [0.717, 1.165) is 23.4 Å². The lowest BCUT2D eigenvalue weighted by Gasteiger charge is -2.36. The topological polar surface area (TPSA) is 100 Å². The Morgan fingerprint density at radius 2 is 1.83 bits per heavy atom. The first kappa shape index (κ1) is 29.8. The molecular formula is C33H40N4O4. The van der Waals surface area contributed by atoms with Crippen LogP contribution in [0.5, 0.6) is 5.75 Å². The molecule has 0 aromatic heterocycles. The van der Waals surface area contributed by atoms with E-state index >= 15 is 0 Å². The highest BCUT2D eigenvalue weighted by Gasteiger charge is 2.41. The number of hydrogen-bond acceptors (Lipinski definition) is 6. The predicted molar refractivity (Wildman–Crippen MR) is 163 cm³/mol. The maximum absolute atomic E-state index is 12.9. The number of anilines is 1. The minimum atomic E-state index is -0.604. The first-order valence-corrected chi connectivity index (χ1v) is 14.1. The minimum absolute atomic E-state index is 0.0452. The SMILES string of the molecule is CCN(CCNC(=O)C(C)Oc1ccc(C)cc1C)c1ccc(N=C2C=C(C)C(=O)C3=C2NC(=O)CC3(C)C)cc1. The van der Waals surface area contributed by atoms with Crippen LogP contribution in [-0.2, 0) is 14.4 Å². The summed E-state index contributed by atoms with van der Waals surface area (Å²) in [6.45, 7) is 15.3. The van der Waals surface area contributed by atoms with Crippen molar-refractivity contribution in [3.8, 4) is 5.75 Å². The van der Waals surface area contributed by atoms with E-state index in [1.165, 1.54) is 0 Å². The highest BCUT2D eigenvalue weighted by Crippen LogP contribution is 2.40. The van der Waals surface area contributed by atoms with E-state index in [2.05, 4.69) is 22.5 Å². The van der Waals surface area contributed by atoms with Gasteiger partial charge in [-0.15, -0.1) is 0 Å². The van der Waals surface area contributed by atoms with Gasteiger partial charge in [0.2, 0.25) is 5.91 Å². The molecule has 1 aliphatic carbocycles. The summed E-state index contributed by atoms with van der Waals surface area (Å²) < 4.78 is 5.88. The standard InChI is InChI=1S/C33H40N4O4/c1-8-37(16-15-34-32(40)23(5)41-27-14-9-20(2)17-21(27)3)25-12-10-24(11-13-25)35-26-18-22(4)31(39)29-30(26)36-28(38)19-33(29,6)7/h9-14,17-18,23H,8,15-16,19H2,1-7H3,(H,34,40)(H,36,38). The van der Waals surface area contributed by atoms with Gasteiger partial charge in [-0.25, -0.2) is 4.99 Å². The van der Waals surface area contributed by atoms with E-state index in [9.17, 15) is 14.4 Å². The third kappa shape index (κ3) is 6.76. The highest BCUT2D eigenvalue weighted by molar-refractivity contribution is 6.26. The Morgan fingerprint density at radius 1 is 1.12 bits per heavy atom. The van der Waals surface area contributed by atoms with Crippen LogP contribution in [0.15, 0.2) is 70.4 Å². The summed E-state index contributed by atoms with van der Waals surface area (Å²) in [5.41, 5.74) is 5.62. The zero-order valence-electron chi connectivity index (χ0n) is 25.1. The predicted octanol–water partition coefficient (Wildman–Crippen LogP) is 5.12. The summed E-state index contributed by atoms with van der Waals surface area (Å²) >= 11 is 0. The molecule has 0 radical (unpaired) electrons. The van der Waals surface area contributed by atoms with Crippen molar-refractivity contribution in [2.75, 3.05) is 24.5 Å². The average Bonchev–Trinajstić information content (AvgIpc) is 2.90. The molecule has 0 saturated heterocycles. The first-order chi connectivity index (χ1) is 19.4. The molecule has 41 heavy (non-hydrogen) atoms. The van der Waals surface area contributed by atoms with Crippen molar-refractivity contribution < 1.29 is 19.1 Å². The van der Waals surface area contributed by atoms with Gasteiger partial charge in [0.05, 0.1) is 17.1 Å². The number of ketones is 1. The van der Waals surface area contributed by atoms with E-state index in [0.29, 0.717) is 47.1 Å². The molecule has 0 saturated carbocycles. The zero-order valence-corrected chi connectivity index (χ0v) is 25.1. The summed E-state index contributed by atoms with van der Waals surface area (Å²) in [5, 5.41) is 5.86. The van der Waals surface area contributed by atoms with Crippen molar-refractivity contribution in [1.82, 2.24) is 10.6 Å². The quantitative estimate of drug-likeness (QED) is 0.418. The van der Waals surface area contributed by atoms with Gasteiger partial charge in [-0.3, -0.25) is 14.4 Å². The van der Waals surface area contributed by atoms with Gasteiger partial charge < -0.3 is 20.3 Å². The van der Waals surface area contributed by atoms with Crippen LogP contribution >= 0.6 is 0 Å². The molecule has 0 bridgehead atoms. The molecule has 216 valence electrons. The third-order valence-corrected chi connectivity index (χ3v) is 7.52. The lowest BCUT2D eigenvalue weighted by atomic mass is 9.72. The third-order valence-electron chi connectivity index (χ3n) is 7.52. The van der Waals surface area contributed by atoms with Crippen LogP contribution in [0.4, 0.5) is 11.4 Å². The van der Waals surface area contributed by atoms with Gasteiger partial charge in [-0.1, -0.05) is 31.5 Å². The molecule has 4 rings (SSSR count). The Bertz CT molecular complexity index is 1450. The van der Waals surface area contributed by atoms with Crippen molar-refractivity contribution in [1.29, 1.82) is 0 Å². The fraction of sp³-hybridized carbons (Fsp3) is 0.394. The molecule has 8 nitrogen and oxygen atoms in total. The number of aryl methyl sites for hydroxylation is 2. The molecule has 2 N–H and O–H groups in total. The van der Waals surface area contributed by atoms with E-state index in [4.69, 9.17) is 9.73 Å². The molecule has 1 heterocycles. The number of allylic oxidation sites excluding steroid dienone is 3. The van der Waals surface area contributed by atoms with Crippen molar-refractivity contribution in [2.24, 2.45) is 10.4 Å². The van der Waals surface area contributed by atoms with Crippen LogP contribution in [0.1, 0.15) is 52.2 Å². The molecule has 1 atom stereocenters. The molecular weight excluding hydrogens is 516 g/mol. The number of likely N-dealkylation sites (N-methyl/N-ethyl adjacent to an activating group) is 1. The van der Waals surface area contributed by atoms with Crippen molar-refractivity contribution in [2.45, 2.75) is 61.0 Å². The van der Waals surface area contributed by atoms with Gasteiger partial charge in [-0.2, -0.15) is 0 Å². The number of nitrogens with zero attached hydrogens (tertiary/aromatic N) is 2. The van der Waals surface area contributed by atoms with Crippen LogP contribution in [0, 0.1) is 19.3 Å². The van der Waals surface area contributed by atoms with Gasteiger partial charge in [0.25, 0.3) is 5.91 Å². The van der Waals surface area contributed by atoms with E-state index < -0.39 is 11.5 Å². The van der Waals surface area contributed by atoms with Crippen LogP contribution in [0.3, 0.4) is 0 Å². The van der Waals surface area contributed by atoms with Gasteiger partial charge in [0, 0.05) is 42.7 Å². The molecule has 2 aromatic carbocycles. The summed E-state index contributed by atoms with van der Waals surface area (Å²) in [6.07, 6.45) is 1.40. The van der Waals surface area contributed by atoms with Gasteiger partial charge in [0.15, 0.2) is 11.9 Å². The van der Waals surface area contributed by atoms with Crippen molar-refractivity contribution >= 4 is 34.7 Å². The highest BCUT2D eigenvalue weighted by atomic mass is 16.5. The van der Waals surface area contributed by atoms with E-state index in [1.807, 2.05) is 70.2 Å². The number of nitrogens with one attached hydrogen (secondary N) is 2. The Morgan fingerprint density at radius 3 is 2.49 bits per heavy atom. The largest absolute Gasteiger partial charge is 0.481 e. The summed E-state index contributed by atoms with van der Waals surface area (Å²) in [5.74, 6) is 0.392. The number of amides is 2. The number of Topliss-reactive ketones (excluding diaryl/α,β-unsaturated/α-hetero) is 1. The Labute approximate surface area is 242 Å². The molecule has 0 fully saturated rings. The molecule has 2 aliphatic rings. The average molecular weight is 557 g/mol. The second-order valence-corrected chi connectivity index (χ2v) is 11.4. The number of aliphatic imine (C=N–C) groups is 1. The normalized spacial score (nSPS) is 17.9. The van der Waals surface area contributed by atoms with Crippen molar-refractivity contribution in [3.05, 3.63) is 76.5 Å². The molecule has 8 heteroatoms. The minimum Gasteiger partial charge on any atom is -0.481 e. The Balaban J connectivity index is 1.40. The Kier molecular flexibility index (Phi) is 8.80. The summed E-state index contributed by atoms with van der Waals surface area (Å²) in [6, 6.07) is 13.7. The monoisotopic (exact) mass is 556 g/mol. The number of benzene rings is 2. The van der Waals surface area contributed by atoms with Crippen LogP contribution in [0.2, 0.25) is 0 Å². The molecule has 1 aliphatic heterocycles. The zero-order chi connectivity index (χ0) is 29.9. The second-order valence-electron chi connectivity index (χ2n) is 11.4. The molecule has 2 aromatic rings. The number of hydrogen-bond donors (Lipinski definition) is 2. The Hall–Kier alpha value is -4.20. The summed E-state index contributed by atoms with van der Waals surface area (Å²) in [4.78, 5) is 44.9. The molecule has 1 unspecified atom stereocenters. The van der Waals surface area contributed by atoms with Crippen LogP contribution in [0.25, 0.3) is 0 Å². The van der Waals surface area contributed by atoms with Crippen LogP contribution in [-0.4, -0.2) is 49.0 Å². The number of carbonyl (C=O) groups excluding carboxylic acids is 3. The number of ether oxygens (including phenoxy) is 1. The van der Waals surface area contributed by atoms with E-state index in [-0.39, 0.29) is 24.0 Å². The number of carbonyl (C=O) groups is 3. The molecule has 2 amide bonds. The van der Waals surface area contributed by atoms with Crippen molar-refractivity contribution in [3.63, 3.8) is 0 Å². The lowest BCUT2D eigenvalue weighted by molar-refractivity contribution is -0.127. The van der Waals surface area contributed by atoms with E-state index in [1.54, 1.807) is 19.9 Å². The van der Waals surface area contributed by atoms with Crippen LogP contribution < -0.4 is 20.3 Å². The second kappa shape index (κ2) is 12.1. The lowest BCUT2D eigenvalue weighted by Crippen LogP contribution is -2.44.